The van der Waals surface area contributed by atoms with E-state index in [1.165, 1.54) is 0 Å². The normalized spacial score (nSPS) is 12.5. The molecule has 0 aliphatic rings. The molecule has 0 spiro atoms. The quantitative estimate of drug-likeness (QED) is 0.662. The molecular formula is C9H10FNO3. The molecule has 1 aromatic rings. The number of hydrogen-bond donors (Lipinski definition) is 3. The molecule has 14 heavy (non-hydrogen) atoms. The van der Waals surface area contributed by atoms with Gasteiger partial charge in [0.2, 0.25) is 0 Å². The van der Waals surface area contributed by atoms with E-state index >= 15 is 0 Å². The average molecular weight is 199 g/mol. The smallest absolute Gasteiger partial charge is 0.335 e. The van der Waals surface area contributed by atoms with Crippen molar-refractivity contribution >= 4 is 5.97 Å². The van der Waals surface area contributed by atoms with Crippen LogP contribution in [0.5, 0.6) is 0 Å². The van der Waals surface area contributed by atoms with Crippen LogP contribution in [0.3, 0.4) is 0 Å². The van der Waals surface area contributed by atoms with Gasteiger partial charge in [0, 0.05) is 5.56 Å². The molecule has 0 aliphatic carbocycles. The molecule has 0 fully saturated rings. The molecule has 0 saturated heterocycles. The van der Waals surface area contributed by atoms with Gasteiger partial charge < -0.3 is 15.9 Å². The zero-order valence-electron chi connectivity index (χ0n) is 7.27. The predicted molar refractivity (Wildman–Crippen MR) is 47.4 cm³/mol. The summed E-state index contributed by atoms with van der Waals surface area (Å²) in [6, 6.07) is 2.40. The zero-order valence-corrected chi connectivity index (χ0v) is 7.27. The van der Waals surface area contributed by atoms with Crippen molar-refractivity contribution in [1.29, 1.82) is 0 Å². The molecule has 0 aliphatic heterocycles. The number of nitrogens with two attached hydrogens (primary N) is 1. The molecule has 76 valence electrons. The number of carboxylic acid groups (broad SMARTS) is 1. The van der Waals surface area contributed by atoms with Crippen molar-refractivity contribution in [1.82, 2.24) is 0 Å². The van der Waals surface area contributed by atoms with E-state index in [0.29, 0.717) is 0 Å². The summed E-state index contributed by atoms with van der Waals surface area (Å²) in [7, 11) is 0. The first-order chi connectivity index (χ1) is 6.56. The van der Waals surface area contributed by atoms with Crippen LogP contribution in [0.1, 0.15) is 22.0 Å². The zero-order chi connectivity index (χ0) is 10.7. The number of aliphatic hydroxyl groups is 1. The van der Waals surface area contributed by atoms with Gasteiger partial charge in [-0.3, -0.25) is 0 Å². The maximum atomic E-state index is 13.1. The highest BCUT2D eigenvalue weighted by Gasteiger charge is 2.13. The monoisotopic (exact) mass is 199 g/mol. The van der Waals surface area contributed by atoms with E-state index in [4.69, 9.17) is 15.9 Å². The van der Waals surface area contributed by atoms with Crippen LogP contribution in [0.2, 0.25) is 0 Å². The van der Waals surface area contributed by atoms with E-state index in [1.807, 2.05) is 0 Å². The number of carbonyl (C=O) groups is 1. The van der Waals surface area contributed by atoms with Gasteiger partial charge >= 0.3 is 5.97 Å². The third-order valence-corrected chi connectivity index (χ3v) is 1.84. The molecule has 4 N–H and O–H groups in total. The molecule has 0 unspecified atom stereocenters. The molecule has 1 aromatic carbocycles. The lowest BCUT2D eigenvalue weighted by Gasteiger charge is -2.10. The molecular weight excluding hydrogens is 189 g/mol. The van der Waals surface area contributed by atoms with E-state index in [-0.39, 0.29) is 11.1 Å². The van der Waals surface area contributed by atoms with Gasteiger partial charge in [0.1, 0.15) is 5.82 Å². The Hall–Kier alpha value is -1.46. The lowest BCUT2D eigenvalue weighted by molar-refractivity contribution is 0.0696. The van der Waals surface area contributed by atoms with Crippen LogP contribution in [0, 0.1) is 5.82 Å². The molecule has 1 rings (SSSR count). The second-order valence-corrected chi connectivity index (χ2v) is 2.83. The molecule has 0 saturated carbocycles. The summed E-state index contributed by atoms with van der Waals surface area (Å²) in [6.07, 6.45) is 0. The molecule has 0 amide bonds. The Bertz CT molecular complexity index is 354. The summed E-state index contributed by atoms with van der Waals surface area (Å²) >= 11 is 0. The number of hydrogen-bond acceptors (Lipinski definition) is 3. The number of rotatable bonds is 3. The summed E-state index contributed by atoms with van der Waals surface area (Å²) in [4.78, 5) is 10.5. The van der Waals surface area contributed by atoms with E-state index in [9.17, 15) is 9.18 Å². The maximum absolute atomic E-state index is 13.1. The SMILES string of the molecule is N[C@@H](CO)c1cc(C(=O)O)ccc1F. The highest BCUT2D eigenvalue weighted by molar-refractivity contribution is 5.87. The summed E-state index contributed by atoms with van der Waals surface area (Å²) in [5, 5.41) is 17.3. The summed E-state index contributed by atoms with van der Waals surface area (Å²) in [6.45, 7) is -0.431. The Morgan fingerprint density at radius 1 is 1.57 bits per heavy atom. The fourth-order valence-corrected chi connectivity index (χ4v) is 1.06. The largest absolute Gasteiger partial charge is 0.478 e. The molecule has 0 bridgehead atoms. The molecule has 0 aromatic heterocycles. The minimum atomic E-state index is -1.16. The topological polar surface area (TPSA) is 83.5 Å². The van der Waals surface area contributed by atoms with Crippen molar-refractivity contribution in [2.75, 3.05) is 6.61 Å². The van der Waals surface area contributed by atoms with Gasteiger partial charge in [-0.2, -0.15) is 0 Å². The van der Waals surface area contributed by atoms with Gasteiger partial charge in [0.05, 0.1) is 18.2 Å². The second kappa shape index (κ2) is 4.17. The van der Waals surface area contributed by atoms with E-state index in [0.717, 1.165) is 18.2 Å². The number of aliphatic hydroxyl groups excluding tert-OH is 1. The first kappa shape index (κ1) is 10.6. The first-order valence-corrected chi connectivity index (χ1v) is 3.95. The minimum absolute atomic E-state index is 0.00685. The van der Waals surface area contributed by atoms with Crippen molar-refractivity contribution < 1.29 is 19.4 Å². The lowest BCUT2D eigenvalue weighted by atomic mass is 10.0. The van der Waals surface area contributed by atoms with Gasteiger partial charge in [-0.15, -0.1) is 0 Å². The summed E-state index contributed by atoms with van der Waals surface area (Å²) in [5.74, 6) is -1.77. The first-order valence-electron chi connectivity index (χ1n) is 3.95. The lowest BCUT2D eigenvalue weighted by Crippen LogP contribution is -2.16. The van der Waals surface area contributed by atoms with Crippen LogP contribution >= 0.6 is 0 Å². The maximum Gasteiger partial charge on any atom is 0.335 e. The standard InChI is InChI=1S/C9H10FNO3/c10-7-2-1-5(9(13)14)3-6(7)8(11)4-12/h1-3,8,12H,4,11H2,(H,13,14)/t8-/m0/s1. The predicted octanol–water partition coefficient (Wildman–Crippen LogP) is 0.516. The Labute approximate surface area is 79.8 Å². The fraction of sp³-hybridized carbons (Fsp3) is 0.222. The Balaban J connectivity index is 3.14. The molecule has 5 heteroatoms. The van der Waals surface area contributed by atoms with Gasteiger partial charge in [0.25, 0.3) is 0 Å². The second-order valence-electron chi connectivity index (χ2n) is 2.83. The van der Waals surface area contributed by atoms with Gasteiger partial charge in [0.15, 0.2) is 0 Å². The van der Waals surface area contributed by atoms with Crippen LogP contribution in [-0.2, 0) is 0 Å². The van der Waals surface area contributed by atoms with E-state index in [2.05, 4.69) is 0 Å². The average Bonchev–Trinajstić information content (AvgIpc) is 2.17. The Kier molecular flexibility index (Phi) is 3.16. The van der Waals surface area contributed by atoms with Crippen molar-refractivity contribution in [3.63, 3.8) is 0 Å². The summed E-state index contributed by atoms with van der Waals surface area (Å²) < 4.78 is 13.1. The molecule has 0 heterocycles. The number of aromatic carboxylic acids is 1. The van der Waals surface area contributed by atoms with Crippen LogP contribution in [-0.4, -0.2) is 22.8 Å². The van der Waals surface area contributed by atoms with Gasteiger partial charge in [-0.25, -0.2) is 9.18 Å². The Morgan fingerprint density at radius 2 is 2.21 bits per heavy atom. The van der Waals surface area contributed by atoms with E-state index < -0.39 is 24.4 Å². The number of benzene rings is 1. The fourth-order valence-electron chi connectivity index (χ4n) is 1.06. The number of carboxylic acids is 1. The highest BCUT2D eigenvalue weighted by Crippen LogP contribution is 2.16. The molecule has 0 radical (unpaired) electrons. The minimum Gasteiger partial charge on any atom is -0.478 e. The third-order valence-electron chi connectivity index (χ3n) is 1.84. The molecule has 4 nitrogen and oxygen atoms in total. The highest BCUT2D eigenvalue weighted by atomic mass is 19.1. The Morgan fingerprint density at radius 3 is 2.71 bits per heavy atom. The van der Waals surface area contributed by atoms with Crippen molar-refractivity contribution in [3.8, 4) is 0 Å². The number of halogens is 1. The van der Waals surface area contributed by atoms with E-state index in [1.54, 1.807) is 0 Å². The van der Waals surface area contributed by atoms with Gasteiger partial charge in [-0.05, 0) is 18.2 Å². The van der Waals surface area contributed by atoms with Crippen LogP contribution in [0.15, 0.2) is 18.2 Å². The van der Waals surface area contributed by atoms with Crippen molar-refractivity contribution in [2.45, 2.75) is 6.04 Å². The van der Waals surface area contributed by atoms with Crippen LogP contribution < -0.4 is 5.73 Å². The van der Waals surface area contributed by atoms with Crippen molar-refractivity contribution in [3.05, 3.63) is 35.1 Å². The third kappa shape index (κ3) is 2.07. The van der Waals surface area contributed by atoms with Crippen LogP contribution in [0.25, 0.3) is 0 Å². The van der Waals surface area contributed by atoms with Crippen molar-refractivity contribution in [2.24, 2.45) is 5.73 Å². The van der Waals surface area contributed by atoms with Gasteiger partial charge in [-0.1, -0.05) is 0 Å². The molecule has 1 atom stereocenters. The summed E-state index contributed by atoms with van der Waals surface area (Å²) in [5.41, 5.74) is 5.34. The van der Waals surface area contributed by atoms with Crippen LogP contribution in [0.4, 0.5) is 4.39 Å².